The number of rotatable bonds is 4. The quantitative estimate of drug-likeness (QED) is 0.929. The van der Waals surface area contributed by atoms with Gasteiger partial charge in [0.1, 0.15) is 12.4 Å². The van der Waals surface area contributed by atoms with Crippen LogP contribution in [0.25, 0.3) is 0 Å². The lowest BCUT2D eigenvalue weighted by Gasteiger charge is -2.14. The van der Waals surface area contributed by atoms with Crippen LogP contribution >= 0.6 is 15.9 Å². The van der Waals surface area contributed by atoms with Crippen LogP contribution in [0.5, 0.6) is 5.75 Å². The minimum atomic E-state index is -0.0665. The molecule has 1 N–H and O–H groups in total. The fourth-order valence-electron chi connectivity index (χ4n) is 1.95. The molecular weight excluding hydrogens is 318 g/mol. The van der Waals surface area contributed by atoms with Crippen molar-refractivity contribution in [2.45, 2.75) is 20.1 Å². The molecule has 0 heterocycles. The standard InChI is InChI=1S/C16H14BrNO2/c1-11-6-15(17)7-14(9-19)16(11)20-10-13-4-2-12(8-18)3-5-13/h2-7,19H,9-10H2,1H3. The molecule has 102 valence electrons. The van der Waals surface area contributed by atoms with E-state index >= 15 is 0 Å². The molecule has 20 heavy (non-hydrogen) atoms. The normalized spacial score (nSPS) is 10.1. The first-order chi connectivity index (χ1) is 9.63. The highest BCUT2D eigenvalue weighted by molar-refractivity contribution is 9.10. The number of hydrogen-bond donors (Lipinski definition) is 1. The van der Waals surface area contributed by atoms with Crippen LogP contribution in [-0.4, -0.2) is 5.11 Å². The summed E-state index contributed by atoms with van der Waals surface area (Å²) in [5.41, 5.74) is 3.34. The Bertz CT molecular complexity index is 645. The molecule has 2 aromatic carbocycles. The van der Waals surface area contributed by atoms with Gasteiger partial charge in [0, 0.05) is 10.0 Å². The minimum Gasteiger partial charge on any atom is -0.488 e. The van der Waals surface area contributed by atoms with Gasteiger partial charge in [-0.15, -0.1) is 0 Å². The zero-order valence-electron chi connectivity index (χ0n) is 11.1. The Morgan fingerprint density at radius 2 is 1.95 bits per heavy atom. The van der Waals surface area contributed by atoms with Gasteiger partial charge in [-0.2, -0.15) is 5.26 Å². The maximum absolute atomic E-state index is 9.40. The number of halogens is 1. The maximum atomic E-state index is 9.40. The molecule has 0 radical (unpaired) electrons. The highest BCUT2D eigenvalue weighted by Crippen LogP contribution is 2.28. The topological polar surface area (TPSA) is 53.2 Å². The average molecular weight is 332 g/mol. The highest BCUT2D eigenvalue weighted by atomic mass is 79.9. The van der Waals surface area contributed by atoms with E-state index in [0.29, 0.717) is 17.9 Å². The molecular formula is C16H14BrNO2. The fraction of sp³-hybridized carbons (Fsp3) is 0.188. The number of aliphatic hydroxyl groups excluding tert-OH is 1. The molecule has 0 aliphatic carbocycles. The van der Waals surface area contributed by atoms with Gasteiger partial charge in [-0.05, 0) is 42.3 Å². The largest absolute Gasteiger partial charge is 0.488 e. The lowest BCUT2D eigenvalue weighted by atomic mass is 10.1. The molecule has 0 aromatic heterocycles. The Morgan fingerprint density at radius 3 is 2.55 bits per heavy atom. The van der Waals surface area contributed by atoms with Crippen LogP contribution in [0.2, 0.25) is 0 Å². The van der Waals surface area contributed by atoms with Gasteiger partial charge in [0.05, 0.1) is 18.2 Å². The first kappa shape index (κ1) is 14.6. The summed E-state index contributed by atoms with van der Waals surface area (Å²) >= 11 is 3.40. The summed E-state index contributed by atoms with van der Waals surface area (Å²) in [4.78, 5) is 0. The number of hydrogen-bond acceptors (Lipinski definition) is 3. The Balaban J connectivity index is 2.16. The predicted octanol–water partition coefficient (Wildman–Crippen LogP) is 3.70. The van der Waals surface area contributed by atoms with E-state index in [0.717, 1.165) is 21.2 Å². The van der Waals surface area contributed by atoms with Crippen LogP contribution in [0, 0.1) is 18.3 Å². The Kier molecular flexibility index (Phi) is 4.78. The SMILES string of the molecule is Cc1cc(Br)cc(CO)c1OCc1ccc(C#N)cc1. The first-order valence-corrected chi connectivity index (χ1v) is 6.95. The van der Waals surface area contributed by atoms with Gasteiger partial charge in [0.25, 0.3) is 0 Å². The molecule has 0 spiro atoms. The van der Waals surface area contributed by atoms with Gasteiger partial charge in [0.2, 0.25) is 0 Å². The zero-order chi connectivity index (χ0) is 14.5. The summed E-state index contributed by atoms with van der Waals surface area (Å²) in [6.45, 7) is 2.28. The second-order valence-corrected chi connectivity index (χ2v) is 5.38. The second-order valence-electron chi connectivity index (χ2n) is 4.47. The van der Waals surface area contributed by atoms with Crippen molar-refractivity contribution in [3.63, 3.8) is 0 Å². The van der Waals surface area contributed by atoms with Crippen molar-refractivity contribution >= 4 is 15.9 Å². The Labute approximate surface area is 126 Å². The van der Waals surface area contributed by atoms with Gasteiger partial charge in [-0.25, -0.2) is 0 Å². The Morgan fingerprint density at radius 1 is 1.25 bits per heavy atom. The molecule has 0 saturated carbocycles. The molecule has 0 aliphatic rings. The average Bonchev–Trinajstić information content (AvgIpc) is 2.46. The number of ether oxygens (including phenoxy) is 1. The third-order valence-electron chi connectivity index (χ3n) is 2.95. The molecule has 0 saturated heterocycles. The second kappa shape index (κ2) is 6.56. The smallest absolute Gasteiger partial charge is 0.128 e. The van der Waals surface area contributed by atoms with Crippen LogP contribution < -0.4 is 4.74 Å². The van der Waals surface area contributed by atoms with Crippen LogP contribution in [0.15, 0.2) is 40.9 Å². The van der Waals surface area contributed by atoms with Gasteiger partial charge in [-0.1, -0.05) is 28.1 Å². The minimum absolute atomic E-state index is 0.0665. The third kappa shape index (κ3) is 3.38. The number of aryl methyl sites for hydroxylation is 1. The van der Waals surface area contributed by atoms with Crippen molar-refractivity contribution in [2.75, 3.05) is 0 Å². The zero-order valence-corrected chi connectivity index (χ0v) is 12.6. The van der Waals surface area contributed by atoms with E-state index in [1.54, 1.807) is 12.1 Å². The van der Waals surface area contributed by atoms with E-state index in [1.165, 1.54) is 0 Å². The molecule has 0 unspecified atom stereocenters. The molecule has 2 aromatic rings. The summed E-state index contributed by atoms with van der Waals surface area (Å²) in [6.07, 6.45) is 0. The van der Waals surface area contributed by atoms with Crippen LogP contribution in [0.1, 0.15) is 22.3 Å². The highest BCUT2D eigenvalue weighted by Gasteiger charge is 2.08. The number of nitrogens with zero attached hydrogens (tertiary/aromatic N) is 1. The summed E-state index contributed by atoms with van der Waals surface area (Å²) in [5, 5.41) is 18.1. The van der Waals surface area contributed by atoms with E-state index in [-0.39, 0.29) is 6.61 Å². The molecule has 0 amide bonds. The first-order valence-electron chi connectivity index (χ1n) is 6.15. The predicted molar refractivity (Wildman–Crippen MR) is 80.3 cm³/mol. The van der Waals surface area contributed by atoms with E-state index in [9.17, 15) is 5.11 Å². The van der Waals surface area contributed by atoms with Crippen molar-refractivity contribution in [3.05, 3.63) is 63.1 Å². The lowest BCUT2D eigenvalue weighted by Crippen LogP contribution is -2.01. The molecule has 2 rings (SSSR count). The maximum Gasteiger partial charge on any atom is 0.128 e. The van der Waals surface area contributed by atoms with E-state index in [4.69, 9.17) is 10.00 Å². The van der Waals surface area contributed by atoms with Gasteiger partial charge in [0.15, 0.2) is 0 Å². The number of benzene rings is 2. The van der Waals surface area contributed by atoms with Crippen LogP contribution in [-0.2, 0) is 13.2 Å². The molecule has 0 atom stereocenters. The van der Waals surface area contributed by atoms with Crippen molar-refractivity contribution in [3.8, 4) is 11.8 Å². The molecule has 0 bridgehead atoms. The molecule has 0 aliphatic heterocycles. The number of aliphatic hydroxyl groups is 1. The molecule has 0 fully saturated rings. The van der Waals surface area contributed by atoms with Crippen LogP contribution in [0.3, 0.4) is 0 Å². The van der Waals surface area contributed by atoms with E-state index in [1.807, 2.05) is 31.2 Å². The lowest BCUT2D eigenvalue weighted by molar-refractivity contribution is 0.258. The number of nitriles is 1. The Hall–Kier alpha value is -1.83. The summed E-state index contributed by atoms with van der Waals surface area (Å²) in [5.74, 6) is 0.708. The summed E-state index contributed by atoms with van der Waals surface area (Å²) in [6, 6.07) is 13.1. The van der Waals surface area contributed by atoms with Gasteiger partial charge >= 0.3 is 0 Å². The van der Waals surface area contributed by atoms with E-state index in [2.05, 4.69) is 22.0 Å². The van der Waals surface area contributed by atoms with Crippen molar-refractivity contribution < 1.29 is 9.84 Å². The summed E-state index contributed by atoms with van der Waals surface area (Å²) < 4.78 is 6.73. The summed E-state index contributed by atoms with van der Waals surface area (Å²) in [7, 11) is 0. The van der Waals surface area contributed by atoms with Crippen molar-refractivity contribution in [2.24, 2.45) is 0 Å². The van der Waals surface area contributed by atoms with Crippen molar-refractivity contribution in [1.82, 2.24) is 0 Å². The van der Waals surface area contributed by atoms with Crippen molar-refractivity contribution in [1.29, 1.82) is 5.26 Å². The van der Waals surface area contributed by atoms with Gasteiger partial charge < -0.3 is 9.84 Å². The van der Waals surface area contributed by atoms with E-state index < -0.39 is 0 Å². The third-order valence-corrected chi connectivity index (χ3v) is 3.41. The van der Waals surface area contributed by atoms with Crippen LogP contribution in [0.4, 0.5) is 0 Å². The monoisotopic (exact) mass is 331 g/mol. The molecule has 4 heteroatoms. The molecule has 3 nitrogen and oxygen atoms in total. The fourth-order valence-corrected chi connectivity index (χ4v) is 2.57. The van der Waals surface area contributed by atoms with Gasteiger partial charge in [-0.3, -0.25) is 0 Å².